The van der Waals surface area contributed by atoms with Gasteiger partial charge in [-0.25, -0.2) is 9.69 Å². The number of benzene rings is 1. The number of unbranched alkanes of at least 4 members (excludes halogenated alkanes) is 1. The molecule has 1 N–H and O–H groups in total. The van der Waals surface area contributed by atoms with E-state index in [-0.39, 0.29) is 6.61 Å². The monoisotopic (exact) mass is 562 g/mol. The Labute approximate surface area is 207 Å². The van der Waals surface area contributed by atoms with Crippen molar-refractivity contribution >= 4 is 55.7 Å². The van der Waals surface area contributed by atoms with Crippen molar-refractivity contribution in [1.29, 1.82) is 1.28 Å². The SMILES string of the molecule is CCCCc1oc([C@@H](O)[C@H](C)C(=O)N2C(=O)OC[C@@H]2Cc2ccccc2)cc1Br.[3H][P+](P)=S. The molecule has 10 heteroatoms. The molecule has 32 heavy (non-hydrogen) atoms. The highest BCUT2D eigenvalue weighted by atomic mass is 79.9. The second-order valence-electron chi connectivity index (χ2n) is 7.49. The first-order valence-corrected chi connectivity index (χ1v) is 14.7. The lowest BCUT2D eigenvalue weighted by Gasteiger charge is -2.25. The minimum Gasteiger partial charge on any atom is -0.462 e. The van der Waals surface area contributed by atoms with Crippen molar-refractivity contribution in [1.82, 2.24) is 4.90 Å². The van der Waals surface area contributed by atoms with Crippen LogP contribution >= 0.6 is 31.8 Å². The quantitative estimate of drug-likeness (QED) is 0.424. The number of ether oxygens (including phenoxy) is 1. The van der Waals surface area contributed by atoms with Gasteiger partial charge < -0.3 is 14.3 Å². The van der Waals surface area contributed by atoms with E-state index in [1.165, 1.54) is 0 Å². The fourth-order valence-corrected chi connectivity index (χ4v) is 3.95. The molecule has 0 spiro atoms. The average molecular weight is 563 g/mol. The molecule has 0 aliphatic carbocycles. The number of rotatable bonds is 8. The van der Waals surface area contributed by atoms with Crippen LogP contribution in [0.3, 0.4) is 0 Å². The third-order valence-corrected chi connectivity index (χ3v) is 5.87. The Bertz CT molecular complexity index is 958. The van der Waals surface area contributed by atoms with Gasteiger partial charge in [0.1, 0.15) is 24.2 Å². The standard InChI is InChI=1S/C22H26BrNO5.H2P2S/c1-3-4-10-18-17(23)12-19(29-18)20(25)14(2)21(26)24-16(13-28-22(24)27)11-15-8-6-5-7-9-15;1-2-3/h5-9,12,14,16,20,25H,3-4,10-11,13H2,1-2H3;1H2/p+1/t14-,16-,20-;/m0./s1/i/hT. The summed E-state index contributed by atoms with van der Waals surface area (Å²) in [4.78, 5) is 26.4. The van der Waals surface area contributed by atoms with E-state index < -0.39 is 37.1 Å². The smallest absolute Gasteiger partial charge is 0.416 e. The molecule has 1 fully saturated rings. The van der Waals surface area contributed by atoms with Crippen molar-refractivity contribution < 1.29 is 23.8 Å². The summed E-state index contributed by atoms with van der Waals surface area (Å²) in [6, 6.07) is 10.9. The number of amides is 2. The highest BCUT2D eigenvalue weighted by Crippen LogP contribution is 2.32. The van der Waals surface area contributed by atoms with E-state index in [9.17, 15) is 14.7 Å². The topological polar surface area (TPSA) is 80.0 Å². The summed E-state index contributed by atoms with van der Waals surface area (Å²) in [5.41, 5.74) is 1.01. The lowest BCUT2D eigenvalue weighted by Crippen LogP contribution is -2.44. The van der Waals surface area contributed by atoms with Gasteiger partial charge in [0.25, 0.3) is 0 Å². The molecular weight excluding hydrogens is 532 g/mol. The third-order valence-electron chi connectivity index (χ3n) is 5.20. The van der Waals surface area contributed by atoms with Crippen LogP contribution in [0.25, 0.3) is 0 Å². The maximum absolute atomic E-state index is 13.0. The summed E-state index contributed by atoms with van der Waals surface area (Å²) < 4.78 is 18.1. The summed E-state index contributed by atoms with van der Waals surface area (Å²) in [6.45, 7) is 2.97. The molecule has 1 aliphatic heterocycles. The van der Waals surface area contributed by atoms with Gasteiger partial charge in [-0.05, 0) is 40.4 Å². The summed E-state index contributed by atoms with van der Waals surface area (Å²) >= 11 is 7.76. The molecular formula is C22H29BrNO5P2S+. The van der Waals surface area contributed by atoms with Crippen molar-refractivity contribution in [2.45, 2.75) is 51.7 Å². The summed E-state index contributed by atoms with van der Waals surface area (Å²) in [6.07, 6.45) is 1.44. The first-order valence-electron chi connectivity index (χ1n) is 10.8. The highest BCUT2D eigenvalue weighted by molar-refractivity contribution is 9.10. The number of halogens is 1. The van der Waals surface area contributed by atoms with Gasteiger partial charge >= 0.3 is 7.37 Å². The van der Waals surface area contributed by atoms with Gasteiger partial charge in [0.05, 0.1) is 25.4 Å². The molecule has 1 aromatic carbocycles. The molecule has 1 saturated heterocycles. The lowest BCUT2D eigenvalue weighted by atomic mass is 9.99. The number of furan rings is 1. The number of carbonyl (C=O) groups is 2. The van der Waals surface area contributed by atoms with Crippen LogP contribution < -0.4 is 0 Å². The molecule has 0 bridgehead atoms. The van der Waals surface area contributed by atoms with E-state index in [4.69, 9.17) is 10.4 Å². The van der Waals surface area contributed by atoms with E-state index in [0.29, 0.717) is 12.2 Å². The normalized spacial score (nSPS) is 18.2. The molecule has 2 heterocycles. The maximum Gasteiger partial charge on any atom is 0.416 e. The number of imide groups is 1. The van der Waals surface area contributed by atoms with Crippen LogP contribution in [0, 0.1) is 5.92 Å². The van der Waals surface area contributed by atoms with Crippen molar-refractivity contribution in [3.8, 4) is 0 Å². The average Bonchev–Trinajstić information content (AvgIpc) is 3.33. The molecule has 0 radical (unpaired) electrons. The molecule has 3 rings (SSSR count). The van der Waals surface area contributed by atoms with Crippen molar-refractivity contribution in [2.75, 3.05) is 6.61 Å². The maximum atomic E-state index is 13.0. The van der Waals surface area contributed by atoms with Crippen molar-refractivity contribution in [2.24, 2.45) is 5.92 Å². The predicted octanol–water partition coefficient (Wildman–Crippen LogP) is 5.56. The van der Waals surface area contributed by atoms with Crippen LogP contribution in [0.4, 0.5) is 4.79 Å². The zero-order valence-corrected chi connectivity index (χ0v) is 22.5. The van der Waals surface area contributed by atoms with Crippen LogP contribution in [0.5, 0.6) is 0 Å². The van der Waals surface area contributed by atoms with E-state index in [1.807, 2.05) is 30.3 Å². The van der Waals surface area contributed by atoms with Gasteiger partial charge in [0.15, 0.2) is 18.8 Å². The minimum absolute atomic E-state index is 0.149. The second kappa shape index (κ2) is 13.5. The van der Waals surface area contributed by atoms with Crippen molar-refractivity contribution in [3.63, 3.8) is 0 Å². The first kappa shape index (κ1) is 25.5. The molecule has 6 nitrogen and oxygen atoms in total. The largest absolute Gasteiger partial charge is 0.462 e. The van der Waals surface area contributed by atoms with Crippen molar-refractivity contribution in [3.05, 3.63) is 58.0 Å². The number of aliphatic hydroxyl groups is 1. The zero-order valence-electron chi connectivity index (χ0n) is 19.1. The molecule has 1 aliphatic rings. The van der Waals surface area contributed by atoms with E-state index in [2.05, 4.69) is 43.6 Å². The number of hydrogen-bond acceptors (Lipinski definition) is 6. The highest BCUT2D eigenvalue weighted by Gasteiger charge is 2.42. The lowest BCUT2D eigenvalue weighted by molar-refractivity contribution is -0.137. The molecule has 2 unspecified atom stereocenters. The number of hydrogen-bond donors (Lipinski definition) is 1. The van der Waals surface area contributed by atoms with E-state index >= 15 is 0 Å². The van der Waals surface area contributed by atoms with E-state index in [1.54, 1.807) is 13.0 Å². The minimum atomic E-state index is -1.15. The Morgan fingerprint density at radius 1 is 1.47 bits per heavy atom. The fraction of sp³-hybridized carbons (Fsp3) is 0.455. The van der Waals surface area contributed by atoms with Crippen LogP contribution in [-0.2, 0) is 34.2 Å². The molecule has 2 amide bonds. The summed E-state index contributed by atoms with van der Waals surface area (Å²) in [5.74, 6) is -0.251. The fourth-order valence-electron chi connectivity index (χ4n) is 3.45. The Balaban J connectivity index is 0.000000890. The third kappa shape index (κ3) is 7.16. The van der Waals surface area contributed by atoms with E-state index in [0.717, 1.165) is 40.0 Å². The van der Waals surface area contributed by atoms with Gasteiger partial charge in [-0.2, -0.15) is 0 Å². The van der Waals surface area contributed by atoms with Crippen LogP contribution in [0.2, 0.25) is 0 Å². The predicted molar refractivity (Wildman–Crippen MR) is 137 cm³/mol. The molecule has 1 aromatic heterocycles. The number of cyclic esters (lactones) is 1. The number of nitrogens with zero attached hydrogens (tertiary/aromatic N) is 1. The molecule has 174 valence electrons. The zero-order chi connectivity index (χ0) is 24.5. The molecule has 2 aromatic rings. The number of aliphatic hydroxyl groups excluding tert-OH is 1. The Morgan fingerprint density at radius 2 is 2.12 bits per heavy atom. The summed E-state index contributed by atoms with van der Waals surface area (Å²) in [7, 11) is 2.20. The van der Waals surface area contributed by atoms with Crippen LogP contribution in [-0.4, -0.2) is 35.9 Å². The first-order chi connectivity index (χ1) is 15.6. The van der Waals surface area contributed by atoms with Gasteiger partial charge in [0.2, 0.25) is 5.91 Å². The number of aryl methyl sites for hydroxylation is 1. The molecule has 5 atom stereocenters. The van der Waals surface area contributed by atoms with Gasteiger partial charge in [-0.3, -0.25) is 4.79 Å². The van der Waals surface area contributed by atoms with Crippen LogP contribution in [0.1, 0.15) is 49.9 Å². The Morgan fingerprint density at radius 3 is 2.75 bits per heavy atom. The van der Waals surface area contributed by atoms with Crippen LogP contribution in [0.15, 0.2) is 45.3 Å². The summed E-state index contributed by atoms with van der Waals surface area (Å²) in [5, 5.41) is 10.7. The molecule has 0 saturated carbocycles. The van der Waals surface area contributed by atoms with Gasteiger partial charge in [-0.1, -0.05) is 50.6 Å². The Kier molecular flexibility index (Phi) is 10.8. The second-order valence-corrected chi connectivity index (χ2v) is 11.1. The Hall–Kier alpha value is -1.17. The van der Waals surface area contributed by atoms with Gasteiger partial charge in [-0.15, -0.1) is 0 Å². The number of carbonyl (C=O) groups excluding carboxylic acids is 2. The van der Waals surface area contributed by atoms with Gasteiger partial charge in [0, 0.05) is 6.42 Å².